The predicted molar refractivity (Wildman–Crippen MR) is 65.4 cm³/mol. The molecule has 0 aliphatic carbocycles. The summed E-state index contributed by atoms with van der Waals surface area (Å²) in [6.45, 7) is 6.90. The van der Waals surface area contributed by atoms with E-state index in [9.17, 15) is 4.79 Å². The van der Waals surface area contributed by atoms with Gasteiger partial charge in [-0.2, -0.15) is 5.26 Å². The van der Waals surface area contributed by atoms with Crippen LogP contribution in [0.1, 0.15) is 43.2 Å². The van der Waals surface area contributed by atoms with Gasteiger partial charge in [0.05, 0.1) is 5.56 Å². The van der Waals surface area contributed by atoms with E-state index in [1.54, 1.807) is 12.1 Å². The Bertz CT molecular complexity index is 429. The van der Waals surface area contributed by atoms with E-state index in [1.807, 2.05) is 6.07 Å². The number of hydrogen-bond donors (Lipinski definition) is 1. The molecule has 0 spiro atoms. The minimum atomic E-state index is -0.198. The van der Waals surface area contributed by atoms with Crippen molar-refractivity contribution in [3.05, 3.63) is 29.6 Å². The summed E-state index contributed by atoms with van der Waals surface area (Å²) in [4.78, 5) is 15.7. The molecule has 17 heavy (non-hydrogen) atoms. The van der Waals surface area contributed by atoms with Crippen molar-refractivity contribution in [2.45, 2.75) is 27.2 Å². The van der Waals surface area contributed by atoms with Crippen molar-refractivity contribution in [1.82, 2.24) is 10.3 Å². The molecule has 4 heteroatoms. The van der Waals surface area contributed by atoms with Crippen LogP contribution in [0.15, 0.2) is 18.3 Å². The Morgan fingerprint density at radius 2 is 2.24 bits per heavy atom. The number of rotatable bonds is 4. The Balaban J connectivity index is 2.62. The van der Waals surface area contributed by atoms with Crippen molar-refractivity contribution >= 4 is 5.91 Å². The fraction of sp³-hybridized carbons (Fsp3) is 0.462. The Hall–Kier alpha value is -1.89. The molecule has 0 aliphatic rings. The van der Waals surface area contributed by atoms with Crippen LogP contribution in [0.25, 0.3) is 0 Å². The third-order valence-corrected chi connectivity index (χ3v) is 2.81. The lowest BCUT2D eigenvalue weighted by Gasteiger charge is -2.22. The van der Waals surface area contributed by atoms with Gasteiger partial charge in [-0.1, -0.05) is 20.8 Å². The second-order valence-corrected chi connectivity index (χ2v) is 4.74. The Kier molecular flexibility index (Phi) is 4.22. The van der Waals surface area contributed by atoms with Gasteiger partial charge >= 0.3 is 0 Å². The second-order valence-electron chi connectivity index (χ2n) is 4.74. The molecule has 0 unspecified atom stereocenters. The van der Waals surface area contributed by atoms with Crippen LogP contribution < -0.4 is 5.32 Å². The predicted octanol–water partition coefficient (Wildman–Crippen LogP) is 2.12. The maximum absolute atomic E-state index is 11.8. The van der Waals surface area contributed by atoms with Crippen molar-refractivity contribution < 1.29 is 4.79 Å². The molecule has 1 rings (SSSR count). The lowest BCUT2D eigenvalue weighted by molar-refractivity contribution is 0.0930. The van der Waals surface area contributed by atoms with Gasteiger partial charge in [-0.25, -0.2) is 4.98 Å². The molecule has 0 bridgehead atoms. The molecule has 1 N–H and O–H groups in total. The average Bonchev–Trinajstić information content (AvgIpc) is 2.36. The maximum atomic E-state index is 11.8. The van der Waals surface area contributed by atoms with Gasteiger partial charge in [0.25, 0.3) is 5.91 Å². The van der Waals surface area contributed by atoms with Gasteiger partial charge < -0.3 is 5.32 Å². The molecule has 0 fully saturated rings. The van der Waals surface area contributed by atoms with Crippen LogP contribution in [0.2, 0.25) is 0 Å². The number of nitriles is 1. The number of amides is 1. The highest BCUT2D eigenvalue weighted by Gasteiger charge is 2.17. The zero-order chi connectivity index (χ0) is 12.9. The number of carbonyl (C=O) groups excluding carboxylic acids is 1. The van der Waals surface area contributed by atoms with Gasteiger partial charge in [0, 0.05) is 12.7 Å². The second kappa shape index (κ2) is 5.44. The Morgan fingerprint density at radius 1 is 1.53 bits per heavy atom. The highest BCUT2D eigenvalue weighted by atomic mass is 16.1. The van der Waals surface area contributed by atoms with Crippen LogP contribution in [-0.2, 0) is 0 Å². The standard InChI is InChI=1S/C13H17N3O/c1-4-13(2,3)9-16-12(17)11-6-5-10(7-14)8-15-11/h5-6,8H,4,9H2,1-3H3,(H,16,17). The van der Waals surface area contributed by atoms with Crippen LogP contribution in [0.5, 0.6) is 0 Å². The fourth-order valence-electron chi connectivity index (χ4n) is 1.13. The maximum Gasteiger partial charge on any atom is 0.269 e. The molecule has 0 saturated heterocycles. The van der Waals surface area contributed by atoms with Crippen molar-refractivity contribution in [1.29, 1.82) is 5.26 Å². The quantitative estimate of drug-likeness (QED) is 0.863. The van der Waals surface area contributed by atoms with Gasteiger partial charge in [-0.15, -0.1) is 0 Å². The molecule has 0 aliphatic heterocycles. The van der Waals surface area contributed by atoms with Gasteiger partial charge in [0.1, 0.15) is 11.8 Å². The van der Waals surface area contributed by atoms with E-state index in [1.165, 1.54) is 6.20 Å². The molecule has 1 aromatic heterocycles. The van der Waals surface area contributed by atoms with Gasteiger partial charge in [-0.05, 0) is 24.0 Å². The Labute approximate surface area is 102 Å². The van der Waals surface area contributed by atoms with Crippen LogP contribution in [0, 0.1) is 16.7 Å². The molecular weight excluding hydrogens is 214 g/mol. The third kappa shape index (κ3) is 3.87. The fourth-order valence-corrected chi connectivity index (χ4v) is 1.13. The summed E-state index contributed by atoms with van der Waals surface area (Å²) in [5, 5.41) is 11.5. The monoisotopic (exact) mass is 231 g/mol. The first-order valence-corrected chi connectivity index (χ1v) is 5.63. The third-order valence-electron chi connectivity index (χ3n) is 2.81. The number of hydrogen-bond acceptors (Lipinski definition) is 3. The lowest BCUT2D eigenvalue weighted by atomic mass is 9.90. The average molecular weight is 231 g/mol. The molecule has 0 atom stereocenters. The molecule has 4 nitrogen and oxygen atoms in total. The van der Waals surface area contributed by atoms with Crippen molar-refractivity contribution in [3.8, 4) is 6.07 Å². The summed E-state index contributed by atoms with van der Waals surface area (Å²) >= 11 is 0. The number of nitrogens with zero attached hydrogens (tertiary/aromatic N) is 2. The first-order chi connectivity index (χ1) is 7.98. The van der Waals surface area contributed by atoms with E-state index in [-0.39, 0.29) is 11.3 Å². The largest absolute Gasteiger partial charge is 0.350 e. The van der Waals surface area contributed by atoms with Gasteiger partial charge in [0.15, 0.2) is 0 Å². The molecule has 90 valence electrons. The first kappa shape index (κ1) is 13.2. The zero-order valence-electron chi connectivity index (χ0n) is 10.4. The van der Waals surface area contributed by atoms with Gasteiger partial charge in [-0.3, -0.25) is 4.79 Å². The van der Waals surface area contributed by atoms with E-state index in [2.05, 4.69) is 31.1 Å². The van der Waals surface area contributed by atoms with Crippen molar-refractivity contribution in [3.63, 3.8) is 0 Å². The molecule has 0 saturated carbocycles. The molecule has 1 amide bonds. The zero-order valence-corrected chi connectivity index (χ0v) is 10.4. The van der Waals surface area contributed by atoms with Crippen LogP contribution >= 0.6 is 0 Å². The summed E-state index contributed by atoms with van der Waals surface area (Å²) in [5.41, 5.74) is 0.883. The van der Waals surface area contributed by atoms with E-state index < -0.39 is 0 Å². The number of nitrogens with one attached hydrogen (secondary N) is 1. The Morgan fingerprint density at radius 3 is 2.71 bits per heavy atom. The summed E-state index contributed by atoms with van der Waals surface area (Å²) in [6, 6.07) is 5.12. The van der Waals surface area contributed by atoms with Crippen LogP contribution in [-0.4, -0.2) is 17.4 Å². The van der Waals surface area contributed by atoms with E-state index in [0.29, 0.717) is 17.8 Å². The first-order valence-electron chi connectivity index (χ1n) is 5.63. The summed E-state index contributed by atoms with van der Waals surface area (Å²) in [5.74, 6) is -0.198. The highest BCUT2D eigenvalue weighted by Crippen LogP contribution is 2.17. The molecule has 1 aromatic rings. The summed E-state index contributed by atoms with van der Waals surface area (Å²) in [7, 11) is 0. The smallest absolute Gasteiger partial charge is 0.269 e. The van der Waals surface area contributed by atoms with Crippen LogP contribution in [0.4, 0.5) is 0 Å². The van der Waals surface area contributed by atoms with E-state index in [0.717, 1.165) is 6.42 Å². The van der Waals surface area contributed by atoms with Crippen molar-refractivity contribution in [2.75, 3.05) is 6.54 Å². The lowest BCUT2D eigenvalue weighted by Crippen LogP contribution is -2.34. The SMILES string of the molecule is CCC(C)(C)CNC(=O)c1ccc(C#N)cn1. The van der Waals surface area contributed by atoms with Crippen molar-refractivity contribution in [2.24, 2.45) is 5.41 Å². The molecule has 0 aromatic carbocycles. The minimum Gasteiger partial charge on any atom is -0.350 e. The number of carbonyl (C=O) groups is 1. The molecule has 1 heterocycles. The molecular formula is C13H17N3O. The summed E-state index contributed by atoms with van der Waals surface area (Å²) < 4.78 is 0. The normalized spacial score (nSPS) is 10.7. The number of pyridine rings is 1. The topological polar surface area (TPSA) is 65.8 Å². The highest BCUT2D eigenvalue weighted by molar-refractivity contribution is 5.92. The van der Waals surface area contributed by atoms with Gasteiger partial charge in [0.2, 0.25) is 0 Å². The van der Waals surface area contributed by atoms with Crippen LogP contribution in [0.3, 0.4) is 0 Å². The summed E-state index contributed by atoms with van der Waals surface area (Å²) in [6.07, 6.45) is 2.40. The van der Waals surface area contributed by atoms with E-state index >= 15 is 0 Å². The minimum absolute atomic E-state index is 0.0856. The van der Waals surface area contributed by atoms with E-state index in [4.69, 9.17) is 5.26 Å². The molecule has 0 radical (unpaired) electrons. The number of aromatic nitrogens is 1.